The van der Waals surface area contributed by atoms with Gasteiger partial charge in [0, 0.05) is 12.6 Å². The molecule has 0 aromatic heterocycles. The molecule has 1 fully saturated rings. The topological polar surface area (TPSA) is 66.5 Å². The third kappa shape index (κ3) is 3.56. The Labute approximate surface area is 87.3 Å². The molecular weight excluding hydrogens is 178 g/mol. The molecule has 1 aliphatic rings. The Bertz CT molecular complexity index is 154. The van der Waals surface area contributed by atoms with E-state index in [9.17, 15) is 5.11 Å². The minimum Gasteiger partial charge on any atom is -0.396 e. The fraction of sp³-hybridized carbons (Fsp3) is 1.00. The van der Waals surface area contributed by atoms with Gasteiger partial charge in [-0.3, -0.25) is 0 Å². The van der Waals surface area contributed by atoms with Crippen molar-refractivity contribution in [2.24, 2.45) is 17.6 Å². The van der Waals surface area contributed by atoms with E-state index in [2.05, 4.69) is 0 Å². The molecule has 3 atom stereocenters. The van der Waals surface area contributed by atoms with Crippen molar-refractivity contribution in [3.05, 3.63) is 0 Å². The van der Waals surface area contributed by atoms with Crippen LogP contribution in [0.4, 0.5) is 0 Å². The first-order valence-electron chi connectivity index (χ1n) is 5.54. The third-order valence-corrected chi connectivity index (χ3v) is 2.87. The molecule has 0 amide bonds. The maximum atomic E-state index is 9.77. The lowest BCUT2D eigenvalue weighted by Crippen LogP contribution is -2.34. The zero-order chi connectivity index (χ0) is 11.4. The highest BCUT2D eigenvalue weighted by atomic mass is 16.3. The maximum Gasteiger partial charge on any atom is 0.0623 e. The zero-order valence-corrected chi connectivity index (χ0v) is 9.83. The number of aliphatic hydroxyl groups is 2. The van der Waals surface area contributed by atoms with Crippen molar-refractivity contribution in [1.82, 2.24) is 0 Å². The Balaban J connectivity index is 0.000000791. The van der Waals surface area contributed by atoms with Crippen molar-refractivity contribution in [3.8, 4) is 0 Å². The highest BCUT2D eigenvalue weighted by Gasteiger charge is 2.40. The molecule has 3 heteroatoms. The SMILES string of the molecule is CC.CC(C)(O)C1CC(N)C[C@@H]1CO. The molecule has 0 aromatic carbocycles. The average molecular weight is 203 g/mol. The van der Waals surface area contributed by atoms with E-state index in [0.717, 1.165) is 12.8 Å². The van der Waals surface area contributed by atoms with Crippen molar-refractivity contribution in [2.45, 2.75) is 52.2 Å². The van der Waals surface area contributed by atoms with E-state index in [1.54, 1.807) is 13.8 Å². The van der Waals surface area contributed by atoms with Gasteiger partial charge in [-0.1, -0.05) is 13.8 Å². The highest BCUT2D eigenvalue weighted by molar-refractivity contribution is 4.92. The zero-order valence-electron chi connectivity index (χ0n) is 9.83. The molecule has 0 radical (unpaired) electrons. The third-order valence-electron chi connectivity index (χ3n) is 2.87. The lowest BCUT2D eigenvalue weighted by molar-refractivity contribution is -0.0112. The maximum absolute atomic E-state index is 9.77. The van der Waals surface area contributed by atoms with Crippen LogP contribution in [0.25, 0.3) is 0 Å². The average Bonchev–Trinajstić information content (AvgIpc) is 2.49. The van der Waals surface area contributed by atoms with Crippen LogP contribution in [0, 0.1) is 11.8 Å². The first kappa shape index (κ1) is 13.9. The molecule has 0 aromatic rings. The Kier molecular flexibility index (Phi) is 5.64. The summed E-state index contributed by atoms with van der Waals surface area (Å²) in [6.45, 7) is 7.72. The molecule has 1 rings (SSSR count). The van der Waals surface area contributed by atoms with E-state index >= 15 is 0 Å². The van der Waals surface area contributed by atoms with Crippen molar-refractivity contribution in [1.29, 1.82) is 0 Å². The number of nitrogens with two attached hydrogens (primary N) is 1. The van der Waals surface area contributed by atoms with Crippen molar-refractivity contribution in [2.75, 3.05) is 6.61 Å². The van der Waals surface area contributed by atoms with Crippen LogP contribution in [0.1, 0.15) is 40.5 Å². The van der Waals surface area contributed by atoms with Gasteiger partial charge in [-0.25, -0.2) is 0 Å². The number of hydrogen-bond donors (Lipinski definition) is 3. The molecule has 1 aliphatic carbocycles. The van der Waals surface area contributed by atoms with Crippen LogP contribution in [0.5, 0.6) is 0 Å². The van der Waals surface area contributed by atoms with Crippen LogP contribution in [0.15, 0.2) is 0 Å². The fourth-order valence-corrected chi connectivity index (χ4v) is 2.23. The minimum absolute atomic E-state index is 0.141. The predicted molar refractivity (Wildman–Crippen MR) is 58.9 cm³/mol. The van der Waals surface area contributed by atoms with Gasteiger partial charge in [0.1, 0.15) is 0 Å². The second kappa shape index (κ2) is 5.69. The number of aliphatic hydroxyl groups excluding tert-OH is 1. The largest absolute Gasteiger partial charge is 0.396 e. The van der Waals surface area contributed by atoms with E-state index in [1.165, 1.54) is 0 Å². The first-order valence-corrected chi connectivity index (χ1v) is 5.54. The first-order chi connectivity index (χ1) is 6.45. The summed E-state index contributed by atoms with van der Waals surface area (Å²) in [6, 6.07) is 0.151. The van der Waals surface area contributed by atoms with Crippen LogP contribution < -0.4 is 5.73 Å². The Hall–Kier alpha value is -0.120. The molecule has 4 N–H and O–H groups in total. The van der Waals surface area contributed by atoms with Gasteiger partial charge < -0.3 is 15.9 Å². The number of hydrogen-bond acceptors (Lipinski definition) is 3. The van der Waals surface area contributed by atoms with Gasteiger partial charge in [-0.05, 0) is 38.5 Å². The molecule has 0 bridgehead atoms. The van der Waals surface area contributed by atoms with Crippen LogP contribution in [-0.2, 0) is 0 Å². The summed E-state index contributed by atoms with van der Waals surface area (Å²) in [5, 5.41) is 18.8. The Morgan fingerprint density at radius 1 is 1.29 bits per heavy atom. The van der Waals surface area contributed by atoms with Crippen LogP contribution in [0.3, 0.4) is 0 Å². The second-order valence-electron chi connectivity index (χ2n) is 4.43. The van der Waals surface area contributed by atoms with Gasteiger partial charge in [0.15, 0.2) is 0 Å². The monoisotopic (exact) mass is 203 g/mol. The van der Waals surface area contributed by atoms with Crippen molar-refractivity contribution < 1.29 is 10.2 Å². The molecule has 1 saturated carbocycles. The molecule has 86 valence electrons. The van der Waals surface area contributed by atoms with Gasteiger partial charge in [-0.2, -0.15) is 0 Å². The molecule has 0 heterocycles. The molecule has 0 saturated heterocycles. The van der Waals surface area contributed by atoms with Gasteiger partial charge in [0.2, 0.25) is 0 Å². The Morgan fingerprint density at radius 2 is 1.79 bits per heavy atom. The lowest BCUT2D eigenvalue weighted by atomic mass is 9.83. The van der Waals surface area contributed by atoms with Crippen molar-refractivity contribution >= 4 is 0 Å². The summed E-state index contributed by atoms with van der Waals surface area (Å²) in [5.74, 6) is 0.331. The second-order valence-corrected chi connectivity index (χ2v) is 4.43. The summed E-state index contributed by atoms with van der Waals surface area (Å²) < 4.78 is 0. The Morgan fingerprint density at radius 3 is 2.07 bits per heavy atom. The molecular formula is C11H25NO2. The van der Waals surface area contributed by atoms with Crippen LogP contribution >= 0.6 is 0 Å². The van der Waals surface area contributed by atoms with E-state index in [4.69, 9.17) is 10.8 Å². The summed E-state index contributed by atoms with van der Waals surface area (Å²) >= 11 is 0. The molecule has 0 aliphatic heterocycles. The van der Waals surface area contributed by atoms with Gasteiger partial charge in [-0.15, -0.1) is 0 Å². The summed E-state index contributed by atoms with van der Waals surface area (Å²) in [5.41, 5.74) is 5.06. The van der Waals surface area contributed by atoms with E-state index < -0.39 is 5.60 Å². The van der Waals surface area contributed by atoms with Crippen molar-refractivity contribution in [3.63, 3.8) is 0 Å². The minimum atomic E-state index is -0.707. The lowest BCUT2D eigenvalue weighted by Gasteiger charge is -2.29. The quantitative estimate of drug-likeness (QED) is 0.630. The molecule has 2 unspecified atom stereocenters. The van der Waals surface area contributed by atoms with Gasteiger partial charge in [0.25, 0.3) is 0 Å². The summed E-state index contributed by atoms with van der Waals surface area (Å²) in [7, 11) is 0. The van der Waals surface area contributed by atoms with Gasteiger partial charge >= 0.3 is 0 Å². The highest BCUT2D eigenvalue weighted by Crippen LogP contribution is 2.37. The molecule has 14 heavy (non-hydrogen) atoms. The smallest absolute Gasteiger partial charge is 0.0623 e. The van der Waals surface area contributed by atoms with E-state index in [0.29, 0.717) is 0 Å². The molecule has 3 nitrogen and oxygen atoms in total. The van der Waals surface area contributed by atoms with E-state index in [-0.39, 0.29) is 24.5 Å². The summed E-state index contributed by atoms with van der Waals surface area (Å²) in [4.78, 5) is 0. The van der Waals surface area contributed by atoms with Gasteiger partial charge in [0.05, 0.1) is 5.60 Å². The van der Waals surface area contributed by atoms with E-state index in [1.807, 2.05) is 13.8 Å². The summed E-state index contributed by atoms with van der Waals surface area (Å²) in [6.07, 6.45) is 1.67. The fourth-order valence-electron chi connectivity index (χ4n) is 2.23. The van der Waals surface area contributed by atoms with Crippen LogP contribution in [0.2, 0.25) is 0 Å². The van der Waals surface area contributed by atoms with Crippen LogP contribution in [-0.4, -0.2) is 28.5 Å². The normalized spacial score (nSPS) is 32.4. The predicted octanol–water partition coefficient (Wildman–Crippen LogP) is 1.13. The standard InChI is InChI=1S/C9H19NO2.C2H6/c1-9(2,12)8-4-7(10)3-6(8)5-11;1-2/h6-8,11-12H,3-5,10H2,1-2H3;1-2H3/t6-,7?,8?;/m1./s1. The number of rotatable bonds is 2. The molecule has 0 spiro atoms.